The number of ether oxygens (including phenoxy) is 2. The van der Waals surface area contributed by atoms with Gasteiger partial charge >= 0.3 is 6.03 Å². The molecule has 1 aromatic carbocycles. The number of nitrogens with one attached hydrogen (secondary N) is 2. The molecule has 0 spiro atoms. The van der Waals surface area contributed by atoms with E-state index in [1.807, 2.05) is 28.9 Å². The first kappa shape index (κ1) is 22.7. The van der Waals surface area contributed by atoms with Gasteiger partial charge in [0.2, 0.25) is 5.88 Å². The third kappa shape index (κ3) is 3.94. The van der Waals surface area contributed by atoms with E-state index in [2.05, 4.69) is 33.1 Å². The molecule has 4 aromatic rings. The van der Waals surface area contributed by atoms with Crippen LogP contribution in [0.1, 0.15) is 23.1 Å². The minimum Gasteiger partial charge on any atom is -0.474 e. The Hall–Kier alpha value is -3.70. The Labute approximate surface area is 210 Å². The number of amides is 2. The zero-order valence-electron chi connectivity index (χ0n) is 20.0. The van der Waals surface area contributed by atoms with Crippen LogP contribution in [0.4, 0.5) is 10.5 Å². The van der Waals surface area contributed by atoms with Gasteiger partial charge in [0.1, 0.15) is 23.3 Å². The van der Waals surface area contributed by atoms with E-state index in [4.69, 9.17) is 9.47 Å². The molecule has 2 unspecified atom stereocenters. The monoisotopic (exact) mass is 506 g/mol. The topological polar surface area (TPSA) is 112 Å². The molecular weight excluding hydrogens is 480 g/mol. The highest BCUT2D eigenvalue weighted by Crippen LogP contribution is 2.40. The van der Waals surface area contributed by atoms with Crippen molar-refractivity contribution in [3.05, 3.63) is 59.7 Å². The van der Waals surface area contributed by atoms with E-state index in [0.717, 1.165) is 52.9 Å². The predicted octanol–water partition coefficient (Wildman–Crippen LogP) is 3.25. The van der Waals surface area contributed by atoms with Crippen LogP contribution in [0.5, 0.6) is 5.88 Å². The number of urea groups is 1. The Balaban J connectivity index is 1.30. The number of anilines is 1. The summed E-state index contributed by atoms with van der Waals surface area (Å²) in [4.78, 5) is 17.8. The number of imidazole rings is 1. The number of nitrogens with zero attached hydrogens (tertiary/aromatic N) is 4. The summed E-state index contributed by atoms with van der Waals surface area (Å²) < 4.78 is 30.2. The van der Waals surface area contributed by atoms with E-state index in [9.17, 15) is 9.00 Å². The van der Waals surface area contributed by atoms with Crippen molar-refractivity contribution in [2.24, 2.45) is 0 Å². The Morgan fingerprint density at radius 3 is 3.06 bits per heavy atom. The summed E-state index contributed by atoms with van der Waals surface area (Å²) in [5.41, 5.74) is 6.96. The fourth-order valence-corrected chi connectivity index (χ4v) is 5.86. The molecule has 2 atom stereocenters. The highest BCUT2D eigenvalue weighted by molar-refractivity contribution is 7.83. The molecule has 11 heteroatoms. The number of benzene rings is 1. The van der Waals surface area contributed by atoms with E-state index in [1.54, 1.807) is 18.0 Å². The van der Waals surface area contributed by atoms with Crippen molar-refractivity contribution >= 4 is 28.4 Å². The molecular formula is C25H26N6O4S. The van der Waals surface area contributed by atoms with Gasteiger partial charge < -0.3 is 19.2 Å². The summed E-state index contributed by atoms with van der Waals surface area (Å²) in [6, 6.07) is 5.62. The van der Waals surface area contributed by atoms with Crippen LogP contribution >= 0.6 is 0 Å². The van der Waals surface area contributed by atoms with Crippen molar-refractivity contribution in [1.82, 2.24) is 23.9 Å². The number of aromatic nitrogens is 4. The van der Waals surface area contributed by atoms with Gasteiger partial charge in [-0.25, -0.2) is 18.7 Å². The van der Waals surface area contributed by atoms with Crippen molar-refractivity contribution < 1.29 is 18.5 Å². The van der Waals surface area contributed by atoms with Crippen LogP contribution < -0.4 is 14.8 Å². The average Bonchev–Trinajstić information content (AvgIpc) is 3.62. The third-order valence-electron chi connectivity index (χ3n) is 6.77. The Bertz CT molecular complexity index is 1510. The zero-order chi connectivity index (χ0) is 24.8. The van der Waals surface area contributed by atoms with Crippen LogP contribution in [0.2, 0.25) is 0 Å². The van der Waals surface area contributed by atoms with Crippen molar-refractivity contribution in [2.75, 3.05) is 19.0 Å². The van der Waals surface area contributed by atoms with Gasteiger partial charge in [0.15, 0.2) is 11.0 Å². The molecule has 1 aliphatic heterocycles. The largest absolute Gasteiger partial charge is 0.474 e. The summed E-state index contributed by atoms with van der Waals surface area (Å²) >= 11 is 0. The predicted molar refractivity (Wildman–Crippen MR) is 134 cm³/mol. The molecule has 0 saturated heterocycles. The molecule has 0 saturated carbocycles. The second-order valence-electron chi connectivity index (χ2n) is 9.03. The van der Waals surface area contributed by atoms with E-state index >= 15 is 0 Å². The maximum absolute atomic E-state index is 13.1. The third-order valence-corrected chi connectivity index (χ3v) is 7.82. The molecule has 186 valence electrons. The highest BCUT2D eigenvalue weighted by atomic mass is 32.2. The molecule has 2 amide bonds. The molecule has 6 rings (SSSR count). The van der Waals surface area contributed by atoms with Gasteiger partial charge in [-0.3, -0.25) is 4.72 Å². The van der Waals surface area contributed by atoms with Gasteiger partial charge in [-0.2, -0.15) is 5.10 Å². The Kier molecular flexibility index (Phi) is 5.73. The lowest BCUT2D eigenvalue weighted by Gasteiger charge is -2.23. The van der Waals surface area contributed by atoms with E-state index in [1.165, 1.54) is 11.8 Å². The van der Waals surface area contributed by atoms with Gasteiger partial charge in [-0.15, -0.1) is 0 Å². The van der Waals surface area contributed by atoms with Crippen LogP contribution in [0.3, 0.4) is 0 Å². The molecule has 0 fully saturated rings. The van der Waals surface area contributed by atoms with Crippen molar-refractivity contribution in [3.63, 3.8) is 0 Å². The molecule has 36 heavy (non-hydrogen) atoms. The SMILES string of the molecule is COC1COc2c(S(=O)NC(=O)Nc3c4c(cc(C)c3-c3ccc5nccn5c3)CCC4)cnn2C1. The number of carbonyl (C=O) groups excluding carboxylic acids is 1. The maximum Gasteiger partial charge on any atom is 0.331 e. The zero-order valence-corrected chi connectivity index (χ0v) is 20.8. The lowest BCUT2D eigenvalue weighted by molar-refractivity contribution is 0.0165. The van der Waals surface area contributed by atoms with Gasteiger partial charge in [-0.05, 0) is 55.0 Å². The number of fused-ring (bicyclic) bond motifs is 3. The molecule has 2 N–H and O–H groups in total. The summed E-state index contributed by atoms with van der Waals surface area (Å²) in [7, 11) is -0.242. The highest BCUT2D eigenvalue weighted by Gasteiger charge is 2.28. The van der Waals surface area contributed by atoms with Gasteiger partial charge in [-0.1, -0.05) is 6.07 Å². The van der Waals surface area contributed by atoms with Crippen molar-refractivity contribution in [2.45, 2.75) is 43.7 Å². The fraction of sp³-hybridized carbons (Fsp3) is 0.320. The fourth-order valence-electron chi connectivity index (χ4n) is 5.07. The maximum atomic E-state index is 13.1. The van der Waals surface area contributed by atoms with Crippen molar-refractivity contribution in [3.8, 4) is 17.0 Å². The Morgan fingerprint density at radius 1 is 1.31 bits per heavy atom. The van der Waals surface area contributed by atoms with Crippen LogP contribution in [-0.4, -0.2) is 49.2 Å². The molecule has 1 aliphatic carbocycles. The van der Waals surface area contributed by atoms with Crippen molar-refractivity contribution in [1.29, 1.82) is 0 Å². The minimum absolute atomic E-state index is 0.127. The molecule has 2 aliphatic rings. The normalized spacial score (nSPS) is 17.3. The van der Waals surface area contributed by atoms with E-state index < -0.39 is 17.0 Å². The Morgan fingerprint density at radius 2 is 2.19 bits per heavy atom. The number of pyridine rings is 1. The number of rotatable bonds is 5. The summed E-state index contributed by atoms with van der Waals surface area (Å²) in [5, 5.41) is 7.26. The average molecular weight is 507 g/mol. The van der Waals surface area contributed by atoms with Crippen LogP contribution in [-0.2, 0) is 35.1 Å². The standard InChI is InChI=1S/C25H26N6O4S/c1-15-10-16-4-3-5-19(16)23(22(15)17-6-7-21-26-8-9-30(21)12-17)28-25(32)29-36(33)20-11-27-31-13-18(34-2)14-35-24(20)31/h6-12,18H,3-5,13-14H2,1-2H3,(H2,28,29,32). The van der Waals surface area contributed by atoms with Crippen LogP contribution in [0.25, 0.3) is 16.8 Å². The number of carbonyl (C=O) groups is 1. The second kappa shape index (κ2) is 9.07. The first-order valence-corrected chi connectivity index (χ1v) is 13.0. The lowest BCUT2D eigenvalue weighted by atomic mass is 9.93. The molecule has 3 aromatic heterocycles. The minimum atomic E-state index is -1.85. The second-order valence-corrected chi connectivity index (χ2v) is 10.2. The van der Waals surface area contributed by atoms with Crippen LogP contribution in [0, 0.1) is 6.92 Å². The molecule has 10 nitrogen and oxygen atoms in total. The lowest BCUT2D eigenvalue weighted by Crippen LogP contribution is -2.33. The van der Waals surface area contributed by atoms with E-state index in [0.29, 0.717) is 23.9 Å². The first-order valence-electron chi connectivity index (χ1n) is 11.8. The summed E-state index contributed by atoms with van der Waals surface area (Å²) in [6.45, 7) is 2.88. The molecule has 0 radical (unpaired) electrons. The van der Waals surface area contributed by atoms with Gasteiger partial charge in [0, 0.05) is 36.8 Å². The quantitative estimate of drug-likeness (QED) is 0.430. The molecule has 4 heterocycles. The van der Waals surface area contributed by atoms with E-state index in [-0.39, 0.29) is 6.10 Å². The number of hydrogen-bond donors (Lipinski definition) is 2. The number of aryl methyl sites for hydroxylation is 2. The van der Waals surface area contributed by atoms with Crippen LogP contribution in [0.15, 0.2) is 47.9 Å². The number of methoxy groups -OCH3 is 1. The number of hydrogen-bond acceptors (Lipinski definition) is 6. The smallest absolute Gasteiger partial charge is 0.331 e. The summed E-state index contributed by atoms with van der Waals surface area (Å²) in [5.74, 6) is 0.382. The first-order chi connectivity index (χ1) is 17.5. The van der Waals surface area contributed by atoms with Gasteiger partial charge in [0.05, 0.1) is 18.4 Å². The summed E-state index contributed by atoms with van der Waals surface area (Å²) in [6.07, 6.45) is 9.87. The molecule has 0 bridgehead atoms. The van der Waals surface area contributed by atoms with Gasteiger partial charge in [0.25, 0.3) is 0 Å².